The molecule has 2 aromatic heterocycles. The van der Waals surface area contributed by atoms with Gasteiger partial charge < -0.3 is 4.90 Å². The van der Waals surface area contributed by atoms with E-state index < -0.39 is 0 Å². The molecule has 0 amide bonds. The fourth-order valence-corrected chi connectivity index (χ4v) is 3.44. The zero-order chi connectivity index (χ0) is 16.6. The van der Waals surface area contributed by atoms with E-state index in [1.54, 1.807) is 0 Å². The van der Waals surface area contributed by atoms with Gasteiger partial charge in [0.25, 0.3) is 0 Å². The Morgan fingerprint density at radius 3 is 2.48 bits per heavy atom. The van der Waals surface area contributed by atoms with Crippen LogP contribution in [0.25, 0.3) is 22.0 Å². The normalized spacial score (nSPS) is 14.9. The van der Waals surface area contributed by atoms with Crippen molar-refractivity contribution in [1.29, 1.82) is 0 Å². The molecule has 4 aromatic rings. The molecule has 0 saturated carbocycles. The summed E-state index contributed by atoms with van der Waals surface area (Å²) in [5.41, 5.74) is 3.39. The van der Waals surface area contributed by atoms with Gasteiger partial charge in [0.1, 0.15) is 0 Å². The first-order valence-corrected chi connectivity index (χ1v) is 8.37. The zero-order valence-corrected chi connectivity index (χ0v) is 13.6. The third-order valence-corrected chi connectivity index (χ3v) is 4.71. The van der Waals surface area contributed by atoms with Gasteiger partial charge in [0.05, 0.1) is 0 Å². The van der Waals surface area contributed by atoms with Crippen molar-refractivity contribution in [3.05, 3.63) is 66.2 Å². The molecule has 0 atom stereocenters. The van der Waals surface area contributed by atoms with Gasteiger partial charge in [-0.25, -0.2) is 0 Å². The molecule has 25 heavy (non-hydrogen) atoms. The predicted molar refractivity (Wildman–Crippen MR) is 97.3 cm³/mol. The Bertz CT molecular complexity index is 1080. The highest BCUT2D eigenvalue weighted by molar-refractivity contribution is 6.00. The van der Waals surface area contributed by atoms with Crippen molar-refractivity contribution in [2.24, 2.45) is 0 Å². The number of rotatable bonds is 2. The molecule has 2 aromatic carbocycles. The van der Waals surface area contributed by atoms with Crippen LogP contribution in [-0.4, -0.2) is 38.3 Å². The molecule has 0 saturated heterocycles. The standard InChI is InChI=1S/C19H16N6/c1-2-6-14(7-3-1)15-10-12-24(13-11-15)19-17-9-5-4-8-16(17)18-20-22-23-25(18)21-19/h1-10H,11-13H2. The molecule has 0 N–H and O–H groups in total. The molecule has 6 nitrogen and oxygen atoms in total. The van der Waals surface area contributed by atoms with Crippen LogP contribution in [0.2, 0.25) is 0 Å². The van der Waals surface area contributed by atoms with E-state index in [0.29, 0.717) is 5.65 Å². The van der Waals surface area contributed by atoms with Crippen LogP contribution >= 0.6 is 0 Å². The van der Waals surface area contributed by atoms with Crippen LogP contribution in [0.1, 0.15) is 12.0 Å². The molecule has 1 aliphatic rings. The first-order valence-electron chi connectivity index (χ1n) is 8.37. The Labute approximate surface area is 144 Å². The van der Waals surface area contributed by atoms with Crippen LogP contribution < -0.4 is 4.90 Å². The van der Waals surface area contributed by atoms with E-state index in [-0.39, 0.29) is 0 Å². The van der Waals surface area contributed by atoms with Gasteiger partial charge in [-0.15, -0.1) is 14.8 Å². The molecule has 0 spiro atoms. The third-order valence-electron chi connectivity index (χ3n) is 4.71. The second-order valence-corrected chi connectivity index (χ2v) is 6.15. The van der Waals surface area contributed by atoms with Crippen LogP contribution in [-0.2, 0) is 0 Å². The molecule has 122 valence electrons. The Morgan fingerprint density at radius 2 is 1.68 bits per heavy atom. The van der Waals surface area contributed by atoms with E-state index in [4.69, 9.17) is 0 Å². The lowest BCUT2D eigenvalue weighted by Crippen LogP contribution is -2.29. The molecule has 0 fully saturated rings. The number of benzene rings is 2. The summed E-state index contributed by atoms with van der Waals surface area (Å²) < 4.78 is 1.52. The highest BCUT2D eigenvalue weighted by atomic mass is 15.6. The third kappa shape index (κ3) is 2.34. The maximum atomic E-state index is 4.66. The quantitative estimate of drug-likeness (QED) is 0.566. The van der Waals surface area contributed by atoms with Gasteiger partial charge >= 0.3 is 0 Å². The minimum absolute atomic E-state index is 0.692. The number of hydrogen-bond donors (Lipinski definition) is 0. The summed E-state index contributed by atoms with van der Waals surface area (Å²) in [5, 5.41) is 18.6. The molecule has 0 bridgehead atoms. The fourth-order valence-electron chi connectivity index (χ4n) is 3.44. The van der Waals surface area contributed by atoms with E-state index in [1.165, 1.54) is 15.8 Å². The number of tetrazole rings is 1. The lowest BCUT2D eigenvalue weighted by molar-refractivity contribution is 0.716. The Hall–Kier alpha value is -3.28. The Balaban J connectivity index is 1.57. The monoisotopic (exact) mass is 328 g/mol. The molecule has 3 heterocycles. The SMILES string of the molecule is C1=C(c2ccccc2)CCN(c2nn3nnnc3c3ccccc23)C1. The van der Waals surface area contributed by atoms with E-state index in [1.807, 2.05) is 18.2 Å². The molecular formula is C19H16N6. The van der Waals surface area contributed by atoms with Crippen molar-refractivity contribution in [2.45, 2.75) is 6.42 Å². The minimum Gasteiger partial charge on any atom is -0.351 e. The van der Waals surface area contributed by atoms with Gasteiger partial charge in [0.15, 0.2) is 5.82 Å². The molecule has 6 heteroatoms. The van der Waals surface area contributed by atoms with Gasteiger partial charge in [-0.05, 0) is 28.0 Å². The van der Waals surface area contributed by atoms with Gasteiger partial charge in [0, 0.05) is 23.9 Å². The van der Waals surface area contributed by atoms with Gasteiger partial charge in [-0.2, -0.15) is 0 Å². The molecule has 5 rings (SSSR count). The average molecular weight is 328 g/mol. The molecular weight excluding hydrogens is 312 g/mol. The topological polar surface area (TPSA) is 59.2 Å². The van der Waals surface area contributed by atoms with E-state index in [0.717, 1.165) is 36.1 Å². The van der Waals surface area contributed by atoms with E-state index in [2.05, 4.69) is 68.0 Å². The Kier molecular flexibility index (Phi) is 3.19. The minimum atomic E-state index is 0.692. The highest BCUT2D eigenvalue weighted by Crippen LogP contribution is 2.30. The number of anilines is 1. The molecule has 1 aliphatic heterocycles. The average Bonchev–Trinajstić information content (AvgIpc) is 3.17. The van der Waals surface area contributed by atoms with Crippen LogP contribution in [0, 0.1) is 0 Å². The predicted octanol–water partition coefficient (Wildman–Crippen LogP) is 2.97. The van der Waals surface area contributed by atoms with Gasteiger partial charge in [-0.3, -0.25) is 0 Å². The summed E-state index contributed by atoms with van der Waals surface area (Å²) in [4.78, 5) is 2.29. The van der Waals surface area contributed by atoms with E-state index in [9.17, 15) is 0 Å². The highest BCUT2D eigenvalue weighted by Gasteiger charge is 2.19. The van der Waals surface area contributed by atoms with Crippen molar-refractivity contribution >= 4 is 27.8 Å². The summed E-state index contributed by atoms with van der Waals surface area (Å²) in [6.07, 6.45) is 3.28. The van der Waals surface area contributed by atoms with Crippen LogP contribution in [0.15, 0.2) is 60.7 Å². The summed E-state index contributed by atoms with van der Waals surface area (Å²) in [6.45, 7) is 1.75. The van der Waals surface area contributed by atoms with Crippen molar-refractivity contribution in [3.8, 4) is 0 Å². The lowest BCUT2D eigenvalue weighted by Gasteiger charge is -2.28. The van der Waals surface area contributed by atoms with Crippen LogP contribution in [0.3, 0.4) is 0 Å². The van der Waals surface area contributed by atoms with Crippen molar-refractivity contribution in [3.63, 3.8) is 0 Å². The largest absolute Gasteiger partial charge is 0.351 e. The maximum Gasteiger partial charge on any atom is 0.207 e. The van der Waals surface area contributed by atoms with Crippen molar-refractivity contribution in [2.75, 3.05) is 18.0 Å². The second-order valence-electron chi connectivity index (χ2n) is 6.15. The van der Waals surface area contributed by atoms with Gasteiger partial charge in [0.2, 0.25) is 5.65 Å². The number of hydrogen-bond acceptors (Lipinski definition) is 5. The molecule has 0 aliphatic carbocycles. The first kappa shape index (κ1) is 14.1. The van der Waals surface area contributed by atoms with Crippen LogP contribution in [0.4, 0.5) is 5.82 Å². The zero-order valence-electron chi connectivity index (χ0n) is 13.6. The summed E-state index contributed by atoms with van der Waals surface area (Å²) in [5.74, 6) is 0.929. The number of nitrogens with zero attached hydrogens (tertiary/aromatic N) is 6. The van der Waals surface area contributed by atoms with Crippen molar-refractivity contribution in [1.82, 2.24) is 25.3 Å². The van der Waals surface area contributed by atoms with Crippen LogP contribution in [0.5, 0.6) is 0 Å². The summed E-state index contributed by atoms with van der Waals surface area (Å²) >= 11 is 0. The number of aromatic nitrogens is 5. The Morgan fingerprint density at radius 1 is 0.880 bits per heavy atom. The second kappa shape index (κ2) is 5.66. The summed E-state index contributed by atoms with van der Waals surface area (Å²) in [7, 11) is 0. The summed E-state index contributed by atoms with van der Waals surface area (Å²) in [6, 6.07) is 18.7. The lowest BCUT2D eigenvalue weighted by atomic mass is 9.99. The first-order chi connectivity index (χ1) is 12.4. The van der Waals surface area contributed by atoms with Gasteiger partial charge in [-0.1, -0.05) is 60.7 Å². The molecule has 0 unspecified atom stereocenters. The fraction of sp³-hybridized carbons (Fsp3) is 0.158. The molecule has 0 radical (unpaired) electrons. The number of fused-ring (bicyclic) bond motifs is 3. The maximum absolute atomic E-state index is 4.66. The van der Waals surface area contributed by atoms with Crippen molar-refractivity contribution < 1.29 is 0 Å². The van der Waals surface area contributed by atoms with E-state index >= 15 is 0 Å². The smallest absolute Gasteiger partial charge is 0.207 e.